The Morgan fingerprint density at radius 3 is 2.53 bits per heavy atom. The summed E-state index contributed by atoms with van der Waals surface area (Å²) in [6.45, 7) is 1.48. The molecule has 1 aromatic rings. The summed E-state index contributed by atoms with van der Waals surface area (Å²) in [6, 6.07) is 2.76. The fourth-order valence-corrected chi connectivity index (χ4v) is 1.42. The highest BCUT2D eigenvalue weighted by Crippen LogP contribution is 2.36. The third-order valence-corrected chi connectivity index (χ3v) is 2.32. The summed E-state index contributed by atoms with van der Waals surface area (Å²) in [5.74, 6) is -2.33. The van der Waals surface area contributed by atoms with Gasteiger partial charge in [0.2, 0.25) is 0 Å². The molecule has 1 rings (SSSR count). The van der Waals surface area contributed by atoms with E-state index in [9.17, 15) is 22.8 Å². The molecule has 0 aliphatic rings. The van der Waals surface area contributed by atoms with Crippen molar-refractivity contribution >= 4 is 29.2 Å². The molecule has 1 aromatic carbocycles. The van der Waals surface area contributed by atoms with Gasteiger partial charge in [0.05, 0.1) is 17.2 Å². The van der Waals surface area contributed by atoms with E-state index in [1.54, 1.807) is 0 Å². The van der Waals surface area contributed by atoms with Crippen molar-refractivity contribution in [3.8, 4) is 0 Å². The number of alkyl halides is 3. The van der Waals surface area contributed by atoms with Crippen LogP contribution in [0.2, 0.25) is 5.02 Å². The molecule has 1 N–H and O–H groups in total. The van der Waals surface area contributed by atoms with Crippen LogP contribution < -0.4 is 5.32 Å². The van der Waals surface area contributed by atoms with Gasteiger partial charge in [0.25, 0.3) is 0 Å². The van der Waals surface area contributed by atoms with E-state index < -0.39 is 28.6 Å². The Kier molecular flexibility index (Phi) is 4.77. The number of carbonyl (C=O) groups is 2. The Morgan fingerprint density at radius 1 is 1.37 bits per heavy atom. The van der Waals surface area contributed by atoms with E-state index in [0.717, 1.165) is 12.1 Å². The van der Waals surface area contributed by atoms with Crippen LogP contribution in [0, 0.1) is 0 Å². The molecule has 104 valence electrons. The standard InChI is InChI=1S/C11H9ClF3NO3/c1-2-19-10(18)9(17)16-6-3-4-8(12)7(5-6)11(13,14)15/h3-5H,2H2,1H3,(H,16,17). The molecule has 0 aromatic heterocycles. The number of hydrogen-bond acceptors (Lipinski definition) is 3. The van der Waals surface area contributed by atoms with Gasteiger partial charge in [-0.2, -0.15) is 13.2 Å². The first-order valence-corrected chi connectivity index (χ1v) is 5.48. The third-order valence-electron chi connectivity index (χ3n) is 1.99. The summed E-state index contributed by atoms with van der Waals surface area (Å²) < 4.78 is 42.1. The molecule has 0 saturated heterocycles. The van der Waals surface area contributed by atoms with Crippen LogP contribution in [0.15, 0.2) is 18.2 Å². The summed E-state index contributed by atoms with van der Waals surface area (Å²) in [5.41, 5.74) is -1.30. The maximum atomic E-state index is 12.6. The SMILES string of the molecule is CCOC(=O)C(=O)Nc1ccc(Cl)c(C(F)(F)F)c1. The number of rotatable bonds is 2. The van der Waals surface area contributed by atoms with E-state index >= 15 is 0 Å². The molecule has 0 bridgehead atoms. The fraction of sp³-hybridized carbons (Fsp3) is 0.273. The Morgan fingerprint density at radius 2 is 2.00 bits per heavy atom. The second kappa shape index (κ2) is 5.92. The largest absolute Gasteiger partial charge is 0.459 e. The topological polar surface area (TPSA) is 55.4 Å². The monoisotopic (exact) mass is 295 g/mol. The van der Waals surface area contributed by atoms with Gasteiger partial charge in [-0.3, -0.25) is 4.79 Å². The number of anilines is 1. The lowest BCUT2D eigenvalue weighted by molar-refractivity contribution is -0.152. The summed E-state index contributed by atoms with van der Waals surface area (Å²) in [4.78, 5) is 22.3. The van der Waals surface area contributed by atoms with E-state index in [-0.39, 0.29) is 12.3 Å². The smallest absolute Gasteiger partial charge is 0.417 e. The minimum Gasteiger partial charge on any atom is -0.459 e. The zero-order valence-corrected chi connectivity index (χ0v) is 10.4. The normalized spacial score (nSPS) is 11.0. The number of hydrogen-bond donors (Lipinski definition) is 1. The highest BCUT2D eigenvalue weighted by atomic mass is 35.5. The van der Waals surface area contributed by atoms with Gasteiger partial charge in [-0.1, -0.05) is 11.6 Å². The summed E-state index contributed by atoms with van der Waals surface area (Å²) in [6.07, 6.45) is -4.65. The summed E-state index contributed by atoms with van der Waals surface area (Å²) in [5, 5.41) is 1.50. The van der Waals surface area contributed by atoms with E-state index in [0.29, 0.717) is 6.07 Å². The van der Waals surface area contributed by atoms with Gasteiger partial charge < -0.3 is 10.1 Å². The second-order valence-corrected chi connectivity index (χ2v) is 3.77. The quantitative estimate of drug-likeness (QED) is 0.674. The Hall–Kier alpha value is -1.76. The number of esters is 1. The molecule has 0 spiro atoms. The Balaban J connectivity index is 2.92. The number of halogens is 4. The number of benzene rings is 1. The average Bonchev–Trinajstić information content (AvgIpc) is 2.30. The molecule has 0 unspecified atom stereocenters. The average molecular weight is 296 g/mol. The first-order chi connectivity index (χ1) is 8.75. The minimum absolute atomic E-state index is 0.0132. The van der Waals surface area contributed by atoms with E-state index in [2.05, 4.69) is 4.74 Å². The first kappa shape index (κ1) is 15.3. The molecule has 0 fully saturated rings. The number of nitrogens with one attached hydrogen (secondary N) is 1. The predicted octanol–water partition coefficient (Wildman–Crippen LogP) is 2.86. The third kappa shape index (κ3) is 4.13. The summed E-state index contributed by atoms with van der Waals surface area (Å²) in [7, 11) is 0. The minimum atomic E-state index is -4.65. The predicted molar refractivity (Wildman–Crippen MR) is 61.7 cm³/mol. The number of carbonyl (C=O) groups excluding carboxylic acids is 2. The van der Waals surface area contributed by atoms with Crippen molar-refractivity contribution in [2.24, 2.45) is 0 Å². The summed E-state index contributed by atoms with van der Waals surface area (Å²) >= 11 is 5.41. The van der Waals surface area contributed by atoms with Gasteiger partial charge in [0.1, 0.15) is 0 Å². The van der Waals surface area contributed by atoms with Crippen molar-refractivity contribution in [3.63, 3.8) is 0 Å². The molecule has 4 nitrogen and oxygen atoms in total. The Labute approximate surface area is 111 Å². The van der Waals surface area contributed by atoms with Crippen LogP contribution in [0.5, 0.6) is 0 Å². The lowest BCUT2D eigenvalue weighted by atomic mass is 10.2. The molecule has 8 heteroatoms. The molecule has 0 saturated carbocycles. The maximum Gasteiger partial charge on any atom is 0.417 e. The van der Waals surface area contributed by atoms with Crippen LogP contribution in [-0.4, -0.2) is 18.5 Å². The molecular formula is C11H9ClF3NO3. The van der Waals surface area contributed by atoms with Crippen LogP contribution in [0.4, 0.5) is 18.9 Å². The van der Waals surface area contributed by atoms with Crippen molar-refractivity contribution in [1.29, 1.82) is 0 Å². The molecule has 0 heterocycles. The highest BCUT2D eigenvalue weighted by molar-refractivity contribution is 6.37. The van der Waals surface area contributed by atoms with Crippen molar-refractivity contribution in [2.75, 3.05) is 11.9 Å². The lowest BCUT2D eigenvalue weighted by Crippen LogP contribution is -2.25. The zero-order chi connectivity index (χ0) is 14.6. The van der Waals surface area contributed by atoms with Crippen LogP contribution in [0.1, 0.15) is 12.5 Å². The lowest BCUT2D eigenvalue weighted by Gasteiger charge is -2.11. The molecule has 0 aliphatic carbocycles. The zero-order valence-electron chi connectivity index (χ0n) is 9.68. The highest BCUT2D eigenvalue weighted by Gasteiger charge is 2.33. The Bertz CT molecular complexity index is 502. The van der Waals surface area contributed by atoms with Crippen molar-refractivity contribution in [2.45, 2.75) is 13.1 Å². The molecule has 0 aliphatic heterocycles. The van der Waals surface area contributed by atoms with Gasteiger partial charge in [0.15, 0.2) is 0 Å². The number of amides is 1. The molecular weight excluding hydrogens is 287 g/mol. The van der Waals surface area contributed by atoms with Gasteiger partial charge in [-0.15, -0.1) is 0 Å². The second-order valence-electron chi connectivity index (χ2n) is 3.37. The van der Waals surface area contributed by atoms with Crippen molar-refractivity contribution < 1.29 is 27.5 Å². The molecule has 19 heavy (non-hydrogen) atoms. The van der Waals surface area contributed by atoms with Crippen molar-refractivity contribution in [3.05, 3.63) is 28.8 Å². The molecule has 0 radical (unpaired) electrons. The van der Waals surface area contributed by atoms with Gasteiger partial charge in [0, 0.05) is 5.69 Å². The van der Waals surface area contributed by atoms with Crippen LogP contribution in [0.25, 0.3) is 0 Å². The van der Waals surface area contributed by atoms with E-state index in [1.165, 1.54) is 6.92 Å². The van der Waals surface area contributed by atoms with Gasteiger partial charge in [-0.05, 0) is 25.1 Å². The first-order valence-electron chi connectivity index (χ1n) is 5.10. The van der Waals surface area contributed by atoms with E-state index in [4.69, 9.17) is 11.6 Å². The maximum absolute atomic E-state index is 12.6. The van der Waals surface area contributed by atoms with Gasteiger partial charge >= 0.3 is 18.1 Å². The van der Waals surface area contributed by atoms with Gasteiger partial charge in [-0.25, -0.2) is 4.79 Å². The number of ether oxygens (including phenoxy) is 1. The van der Waals surface area contributed by atoms with Crippen LogP contribution >= 0.6 is 11.6 Å². The van der Waals surface area contributed by atoms with Crippen LogP contribution in [-0.2, 0) is 20.5 Å². The van der Waals surface area contributed by atoms with Crippen molar-refractivity contribution in [1.82, 2.24) is 0 Å². The van der Waals surface area contributed by atoms with Crippen LogP contribution in [0.3, 0.4) is 0 Å². The fourth-order valence-electron chi connectivity index (χ4n) is 1.20. The van der Waals surface area contributed by atoms with E-state index in [1.807, 2.05) is 5.32 Å². The molecule has 1 amide bonds. The molecule has 0 atom stereocenters.